The predicted octanol–water partition coefficient (Wildman–Crippen LogP) is -0.333. The van der Waals surface area contributed by atoms with Crippen LogP contribution in [0.4, 0.5) is 4.79 Å². The van der Waals surface area contributed by atoms with Gasteiger partial charge in [0.15, 0.2) is 0 Å². The largest absolute Gasteiger partial charge is 0.338 e. The average Bonchev–Trinajstić information content (AvgIpc) is 2.02. The van der Waals surface area contributed by atoms with E-state index >= 15 is 0 Å². The first-order valence-corrected chi connectivity index (χ1v) is 4.43. The van der Waals surface area contributed by atoms with Crippen LogP contribution in [0.5, 0.6) is 0 Å². The lowest BCUT2D eigenvalue weighted by molar-refractivity contribution is 0.0758. The van der Waals surface area contributed by atoms with Crippen molar-refractivity contribution in [2.75, 3.05) is 20.1 Å². The Balaban J connectivity index is 1.87. The Labute approximate surface area is 72.1 Å². The molecule has 1 spiro atoms. The van der Waals surface area contributed by atoms with Crippen LogP contribution >= 0.6 is 0 Å². The van der Waals surface area contributed by atoms with Crippen LogP contribution in [0, 0.1) is 5.41 Å². The van der Waals surface area contributed by atoms with E-state index in [1.165, 1.54) is 12.8 Å². The molecule has 2 amide bonds. The normalized spacial score (nSPS) is 27.6. The number of urea groups is 1. The standard InChI is InChI=1S/C8H15N3O/c1-9-6-2-8(3-6)4-10-7(12)11-5-8/h6,9H,2-5H2,1H3,(H2,10,11,12). The van der Waals surface area contributed by atoms with Crippen LogP contribution in [0.1, 0.15) is 12.8 Å². The molecule has 1 aliphatic carbocycles. The first-order chi connectivity index (χ1) is 5.74. The molecule has 0 aromatic heterocycles. The van der Waals surface area contributed by atoms with Gasteiger partial charge in [-0.1, -0.05) is 0 Å². The van der Waals surface area contributed by atoms with Gasteiger partial charge in [0.05, 0.1) is 0 Å². The molecule has 4 nitrogen and oxygen atoms in total. The molecule has 0 radical (unpaired) electrons. The Morgan fingerprint density at radius 3 is 2.50 bits per heavy atom. The van der Waals surface area contributed by atoms with Gasteiger partial charge < -0.3 is 16.0 Å². The molecule has 1 aliphatic heterocycles. The van der Waals surface area contributed by atoms with E-state index in [0.29, 0.717) is 11.5 Å². The topological polar surface area (TPSA) is 53.2 Å². The zero-order chi connectivity index (χ0) is 8.60. The molecule has 3 N–H and O–H groups in total. The number of rotatable bonds is 1. The van der Waals surface area contributed by atoms with Crippen molar-refractivity contribution in [2.45, 2.75) is 18.9 Å². The first kappa shape index (κ1) is 7.86. The smallest absolute Gasteiger partial charge is 0.314 e. The van der Waals surface area contributed by atoms with Crippen molar-refractivity contribution in [3.05, 3.63) is 0 Å². The summed E-state index contributed by atoms with van der Waals surface area (Å²) in [6, 6.07) is 0.635. The van der Waals surface area contributed by atoms with E-state index in [4.69, 9.17) is 0 Å². The fourth-order valence-electron chi connectivity index (χ4n) is 2.14. The highest BCUT2D eigenvalue weighted by Crippen LogP contribution is 2.40. The minimum Gasteiger partial charge on any atom is -0.338 e. The predicted molar refractivity (Wildman–Crippen MR) is 45.9 cm³/mol. The number of hydrogen-bond acceptors (Lipinski definition) is 2. The Hall–Kier alpha value is -0.770. The van der Waals surface area contributed by atoms with Crippen LogP contribution in [-0.4, -0.2) is 32.2 Å². The third-order valence-corrected chi connectivity index (χ3v) is 3.01. The van der Waals surface area contributed by atoms with E-state index in [1.54, 1.807) is 0 Å². The van der Waals surface area contributed by atoms with Crippen molar-refractivity contribution >= 4 is 6.03 Å². The summed E-state index contributed by atoms with van der Waals surface area (Å²) in [6.45, 7) is 1.69. The van der Waals surface area contributed by atoms with Crippen LogP contribution in [-0.2, 0) is 0 Å². The molecule has 1 saturated carbocycles. The van der Waals surface area contributed by atoms with Gasteiger partial charge in [0.1, 0.15) is 0 Å². The maximum absolute atomic E-state index is 10.8. The van der Waals surface area contributed by atoms with Crippen molar-refractivity contribution < 1.29 is 4.79 Å². The molecule has 0 bridgehead atoms. The van der Waals surface area contributed by atoms with E-state index in [9.17, 15) is 4.79 Å². The second kappa shape index (κ2) is 2.62. The average molecular weight is 169 g/mol. The van der Waals surface area contributed by atoms with Crippen LogP contribution in [0.3, 0.4) is 0 Å². The van der Waals surface area contributed by atoms with Crippen LogP contribution in [0.25, 0.3) is 0 Å². The Bertz CT molecular complexity index is 186. The number of carbonyl (C=O) groups excluding carboxylic acids is 1. The third-order valence-electron chi connectivity index (χ3n) is 3.01. The van der Waals surface area contributed by atoms with E-state index in [1.807, 2.05) is 7.05 Å². The fraction of sp³-hybridized carbons (Fsp3) is 0.875. The summed E-state index contributed by atoms with van der Waals surface area (Å²) < 4.78 is 0. The maximum atomic E-state index is 10.8. The molecule has 0 atom stereocenters. The minimum absolute atomic E-state index is 0.0199. The molecule has 2 aliphatic rings. The molecule has 2 rings (SSSR count). The maximum Gasteiger partial charge on any atom is 0.314 e. The number of amides is 2. The number of nitrogens with one attached hydrogen (secondary N) is 3. The second-order valence-corrected chi connectivity index (χ2v) is 3.93. The fourth-order valence-corrected chi connectivity index (χ4v) is 2.14. The van der Waals surface area contributed by atoms with Gasteiger partial charge >= 0.3 is 6.03 Å². The van der Waals surface area contributed by atoms with E-state index in [2.05, 4.69) is 16.0 Å². The lowest BCUT2D eigenvalue weighted by atomic mass is 9.64. The van der Waals surface area contributed by atoms with Gasteiger partial charge in [-0.05, 0) is 19.9 Å². The molecular weight excluding hydrogens is 154 g/mol. The molecule has 12 heavy (non-hydrogen) atoms. The molecule has 0 unspecified atom stereocenters. The highest BCUT2D eigenvalue weighted by atomic mass is 16.2. The zero-order valence-electron chi connectivity index (χ0n) is 7.31. The van der Waals surface area contributed by atoms with Crippen LogP contribution in [0.15, 0.2) is 0 Å². The molecule has 4 heteroatoms. The lowest BCUT2D eigenvalue weighted by Gasteiger charge is -2.49. The van der Waals surface area contributed by atoms with Crippen molar-refractivity contribution in [3.8, 4) is 0 Å². The molecule has 1 heterocycles. The lowest BCUT2D eigenvalue weighted by Crippen LogP contribution is -2.63. The van der Waals surface area contributed by atoms with Crippen molar-refractivity contribution in [1.82, 2.24) is 16.0 Å². The van der Waals surface area contributed by atoms with Crippen molar-refractivity contribution in [2.24, 2.45) is 5.41 Å². The number of carbonyl (C=O) groups is 1. The first-order valence-electron chi connectivity index (χ1n) is 4.43. The highest BCUT2D eigenvalue weighted by Gasteiger charge is 2.45. The monoisotopic (exact) mass is 169 g/mol. The summed E-state index contributed by atoms with van der Waals surface area (Å²) in [5, 5.41) is 8.93. The number of hydrogen-bond donors (Lipinski definition) is 3. The van der Waals surface area contributed by atoms with E-state index in [0.717, 1.165) is 13.1 Å². The quantitative estimate of drug-likeness (QED) is 0.503. The third kappa shape index (κ3) is 1.16. The zero-order valence-corrected chi connectivity index (χ0v) is 7.31. The Morgan fingerprint density at radius 2 is 2.00 bits per heavy atom. The molecule has 68 valence electrons. The highest BCUT2D eigenvalue weighted by molar-refractivity contribution is 5.74. The summed E-state index contributed by atoms with van der Waals surface area (Å²) in [7, 11) is 1.99. The van der Waals surface area contributed by atoms with E-state index in [-0.39, 0.29) is 6.03 Å². The SMILES string of the molecule is CNC1CC2(CNC(=O)NC2)C1. The van der Waals surface area contributed by atoms with E-state index < -0.39 is 0 Å². The van der Waals surface area contributed by atoms with Gasteiger partial charge in [-0.3, -0.25) is 0 Å². The van der Waals surface area contributed by atoms with Gasteiger partial charge in [-0.25, -0.2) is 4.79 Å². The molecule has 2 fully saturated rings. The van der Waals surface area contributed by atoms with Crippen LogP contribution < -0.4 is 16.0 Å². The van der Waals surface area contributed by atoms with Crippen molar-refractivity contribution in [3.63, 3.8) is 0 Å². The van der Waals surface area contributed by atoms with Gasteiger partial charge in [-0.15, -0.1) is 0 Å². The summed E-state index contributed by atoms with van der Waals surface area (Å²) in [5.41, 5.74) is 0.349. The van der Waals surface area contributed by atoms with Gasteiger partial charge in [-0.2, -0.15) is 0 Å². The second-order valence-electron chi connectivity index (χ2n) is 3.93. The van der Waals surface area contributed by atoms with Crippen molar-refractivity contribution in [1.29, 1.82) is 0 Å². The Morgan fingerprint density at radius 1 is 1.42 bits per heavy atom. The van der Waals surface area contributed by atoms with Gasteiger partial charge in [0.2, 0.25) is 0 Å². The van der Waals surface area contributed by atoms with Gasteiger partial charge in [0, 0.05) is 24.5 Å². The molecular formula is C8H15N3O. The van der Waals surface area contributed by atoms with Crippen LogP contribution in [0.2, 0.25) is 0 Å². The molecule has 0 aromatic rings. The Kier molecular flexibility index (Phi) is 1.72. The summed E-state index contributed by atoms with van der Waals surface area (Å²) in [6.07, 6.45) is 2.35. The van der Waals surface area contributed by atoms with Gasteiger partial charge in [0.25, 0.3) is 0 Å². The summed E-state index contributed by atoms with van der Waals surface area (Å²) in [4.78, 5) is 10.8. The summed E-state index contributed by atoms with van der Waals surface area (Å²) >= 11 is 0. The molecule has 0 aromatic carbocycles. The summed E-state index contributed by atoms with van der Waals surface area (Å²) in [5.74, 6) is 0. The molecule has 1 saturated heterocycles. The minimum atomic E-state index is -0.0199.